The van der Waals surface area contributed by atoms with Crippen LogP contribution in [-0.2, 0) is 9.53 Å². The predicted octanol–water partition coefficient (Wildman–Crippen LogP) is 0.326. The van der Waals surface area contributed by atoms with E-state index in [-0.39, 0.29) is 6.61 Å². The van der Waals surface area contributed by atoms with Gasteiger partial charge >= 0.3 is 5.97 Å². The number of alkyl halides is 2. The summed E-state index contributed by atoms with van der Waals surface area (Å²) in [5, 5.41) is 8.09. The Morgan fingerprint density at radius 1 is 1.67 bits per heavy atom. The predicted molar refractivity (Wildman–Crippen MR) is 33.5 cm³/mol. The van der Waals surface area contributed by atoms with Crippen LogP contribution in [0.3, 0.4) is 0 Å². The summed E-state index contributed by atoms with van der Waals surface area (Å²) in [7, 11) is 0. The minimum Gasteiger partial charge on any atom is -0.461 e. The van der Waals surface area contributed by atoms with Crippen LogP contribution in [0.2, 0.25) is 0 Å². The minimum absolute atomic E-state index is 0.0808. The van der Waals surface area contributed by atoms with Crippen LogP contribution in [0.15, 0.2) is 0 Å². The highest BCUT2D eigenvalue weighted by atomic mass is 35.5. The molecule has 0 rings (SSSR count). The van der Waals surface area contributed by atoms with Gasteiger partial charge in [0, 0.05) is 0 Å². The van der Waals surface area contributed by atoms with Gasteiger partial charge in [-0.1, -0.05) is 0 Å². The van der Waals surface area contributed by atoms with Gasteiger partial charge < -0.3 is 9.84 Å². The third kappa shape index (κ3) is 5.89. The summed E-state index contributed by atoms with van der Waals surface area (Å²) in [6.07, 6.45) is 0. The molecule has 5 heteroatoms. The molecule has 0 amide bonds. The molecule has 9 heavy (non-hydrogen) atoms. The van der Waals surface area contributed by atoms with Gasteiger partial charge in [0.25, 0.3) is 0 Å². The van der Waals surface area contributed by atoms with Gasteiger partial charge in [0.05, 0.1) is 0 Å². The maximum Gasteiger partial charge on any atom is 0.331 e. The topological polar surface area (TPSA) is 46.5 Å². The SMILES string of the molecule is O=C(CO)OCC(Cl)Cl. The Bertz CT molecular complexity index is 93.8. The molecular weight excluding hydrogens is 167 g/mol. The molecule has 1 N–H and O–H groups in total. The number of hydrogen-bond donors (Lipinski definition) is 1. The summed E-state index contributed by atoms with van der Waals surface area (Å²) >= 11 is 10.4. The summed E-state index contributed by atoms with van der Waals surface area (Å²) in [4.78, 5) is 9.40. The van der Waals surface area contributed by atoms with Gasteiger partial charge in [0.2, 0.25) is 0 Å². The summed E-state index contributed by atoms with van der Waals surface area (Å²) in [5.74, 6) is -0.721. The van der Waals surface area contributed by atoms with E-state index in [9.17, 15) is 4.79 Å². The first-order valence-electron chi connectivity index (χ1n) is 2.21. The van der Waals surface area contributed by atoms with Crippen LogP contribution in [0, 0.1) is 0 Å². The first-order valence-corrected chi connectivity index (χ1v) is 3.08. The van der Waals surface area contributed by atoms with Crippen LogP contribution in [0.1, 0.15) is 0 Å². The molecule has 0 aromatic rings. The van der Waals surface area contributed by atoms with Crippen LogP contribution in [0.5, 0.6) is 0 Å². The normalized spacial score (nSPS) is 9.78. The maximum atomic E-state index is 10.1. The molecule has 0 radical (unpaired) electrons. The fraction of sp³-hybridized carbons (Fsp3) is 0.750. The first kappa shape index (κ1) is 9.01. The van der Waals surface area contributed by atoms with Crippen molar-refractivity contribution in [3.63, 3.8) is 0 Å². The van der Waals surface area contributed by atoms with Gasteiger partial charge in [-0.05, 0) is 0 Å². The number of ether oxygens (including phenoxy) is 1. The molecule has 0 saturated carbocycles. The Balaban J connectivity index is 3.17. The Morgan fingerprint density at radius 2 is 2.22 bits per heavy atom. The number of aliphatic hydroxyl groups is 1. The van der Waals surface area contributed by atoms with Gasteiger partial charge in [0.1, 0.15) is 18.1 Å². The van der Waals surface area contributed by atoms with E-state index in [1.807, 2.05) is 0 Å². The average molecular weight is 173 g/mol. The van der Waals surface area contributed by atoms with E-state index in [2.05, 4.69) is 4.74 Å². The second kappa shape index (κ2) is 4.85. The lowest BCUT2D eigenvalue weighted by molar-refractivity contribution is -0.146. The molecule has 54 valence electrons. The lowest BCUT2D eigenvalue weighted by atomic mass is 10.7. The van der Waals surface area contributed by atoms with E-state index in [0.29, 0.717) is 0 Å². The third-order valence-electron chi connectivity index (χ3n) is 0.499. The second-order valence-electron chi connectivity index (χ2n) is 1.23. The molecular formula is C4H6Cl2O3. The molecule has 0 atom stereocenters. The second-order valence-corrected chi connectivity index (χ2v) is 2.51. The lowest BCUT2D eigenvalue weighted by Gasteiger charge is -2.00. The third-order valence-corrected chi connectivity index (χ3v) is 0.751. The Hall–Kier alpha value is 0.01000. The number of halogens is 2. The van der Waals surface area contributed by atoms with Crippen molar-refractivity contribution >= 4 is 29.2 Å². The molecule has 0 fully saturated rings. The van der Waals surface area contributed by atoms with Gasteiger partial charge in [0.15, 0.2) is 0 Å². The van der Waals surface area contributed by atoms with Gasteiger partial charge in [-0.25, -0.2) is 4.79 Å². The fourth-order valence-electron chi connectivity index (χ4n) is 0.202. The van der Waals surface area contributed by atoms with Gasteiger partial charge in [-0.2, -0.15) is 0 Å². The molecule has 0 aromatic carbocycles. The number of rotatable bonds is 3. The molecule has 0 aliphatic heterocycles. The van der Waals surface area contributed by atoms with Crippen molar-refractivity contribution < 1.29 is 14.6 Å². The molecule has 0 spiro atoms. The largest absolute Gasteiger partial charge is 0.461 e. The van der Waals surface area contributed by atoms with E-state index in [1.54, 1.807) is 0 Å². The zero-order chi connectivity index (χ0) is 7.28. The van der Waals surface area contributed by atoms with E-state index in [0.717, 1.165) is 0 Å². The molecule has 0 aromatic heterocycles. The van der Waals surface area contributed by atoms with E-state index in [4.69, 9.17) is 28.3 Å². The molecule has 0 heterocycles. The summed E-state index contributed by atoms with van der Waals surface area (Å²) in [5.41, 5.74) is 0. The van der Waals surface area contributed by atoms with Crippen LogP contribution >= 0.6 is 23.2 Å². The Kier molecular flexibility index (Phi) is 4.85. The smallest absolute Gasteiger partial charge is 0.331 e. The Labute approximate surface area is 62.5 Å². The molecule has 0 aliphatic rings. The number of hydrogen-bond acceptors (Lipinski definition) is 3. The first-order chi connectivity index (χ1) is 4.16. The van der Waals surface area contributed by atoms with Crippen LogP contribution < -0.4 is 0 Å². The van der Waals surface area contributed by atoms with E-state index >= 15 is 0 Å². The molecule has 0 unspecified atom stereocenters. The van der Waals surface area contributed by atoms with Crippen LogP contribution in [0.25, 0.3) is 0 Å². The van der Waals surface area contributed by atoms with Crippen molar-refractivity contribution in [2.75, 3.05) is 13.2 Å². The number of aliphatic hydroxyl groups excluding tert-OH is 1. The molecule has 0 aliphatic carbocycles. The quantitative estimate of drug-likeness (QED) is 0.493. The highest BCUT2D eigenvalue weighted by molar-refractivity contribution is 6.44. The summed E-state index contributed by atoms with van der Waals surface area (Å²) < 4.78 is 4.30. The summed E-state index contributed by atoms with van der Waals surface area (Å²) in [6, 6.07) is 0. The molecule has 0 saturated heterocycles. The van der Waals surface area contributed by atoms with Crippen LogP contribution in [0.4, 0.5) is 0 Å². The standard InChI is InChI=1S/C4H6Cl2O3/c5-3(6)2-9-4(8)1-7/h3,7H,1-2H2. The average Bonchev–Trinajstić information content (AvgIpc) is 1.83. The van der Waals surface area contributed by atoms with Crippen molar-refractivity contribution in [2.45, 2.75) is 4.84 Å². The number of carbonyl (C=O) groups is 1. The number of esters is 1. The van der Waals surface area contributed by atoms with Gasteiger partial charge in [-0.3, -0.25) is 0 Å². The zero-order valence-corrected chi connectivity index (χ0v) is 6.02. The van der Waals surface area contributed by atoms with Gasteiger partial charge in [-0.15, -0.1) is 23.2 Å². The Morgan fingerprint density at radius 3 is 2.56 bits per heavy atom. The maximum absolute atomic E-state index is 10.1. The molecule has 3 nitrogen and oxygen atoms in total. The van der Waals surface area contributed by atoms with E-state index < -0.39 is 17.4 Å². The van der Waals surface area contributed by atoms with Crippen molar-refractivity contribution in [1.29, 1.82) is 0 Å². The summed E-state index contributed by atoms with van der Waals surface area (Å²) in [6.45, 7) is -0.719. The minimum atomic E-state index is -0.722. The van der Waals surface area contributed by atoms with Crippen molar-refractivity contribution in [3.05, 3.63) is 0 Å². The highest BCUT2D eigenvalue weighted by Crippen LogP contribution is 2.00. The van der Waals surface area contributed by atoms with Crippen molar-refractivity contribution in [3.8, 4) is 0 Å². The van der Waals surface area contributed by atoms with Crippen LogP contribution in [-0.4, -0.2) is 29.1 Å². The van der Waals surface area contributed by atoms with Crippen molar-refractivity contribution in [2.24, 2.45) is 0 Å². The fourth-order valence-corrected chi connectivity index (χ4v) is 0.328. The number of carbonyl (C=O) groups excluding carboxylic acids is 1. The van der Waals surface area contributed by atoms with Crippen molar-refractivity contribution in [1.82, 2.24) is 0 Å². The lowest BCUT2D eigenvalue weighted by Crippen LogP contribution is -2.13. The van der Waals surface area contributed by atoms with E-state index in [1.165, 1.54) is 0 Å². The zero-order valence-electron chi connectivity index (χ0n) is 4.51. The monoisotopic (exact) mass is 172 g/mol. The highest BCUT2D eigenvalue weighted by Gasteiger charge is 2.02. The molecule has 0 bridgehead atoms.